The van der Waals surface area contributed by atoms with Crippen molar-refractivity contribution < 1.29 is 24.6 Å². The van der Waals surface area contributed by atoms with Gasteiger partial charge in [-0.2, -0.15) is 0 Å². The normalized spacial score (nSPS) is 24.9. The molecule has 1 fully saturated rings. The molecule has 16 heavy (non-hydrogen) atoms. The maximum Gasteiger partial charge on any atom is 0.328 e. The first-order valence-electron chi connectivity index (χ1n) is 4.62. The van der Waals surface area contributed by atoms with Gasteiger partial charge in [-0.3, -0.25) is 4.79 Å². The molecule has 0 aromatic carbocycles. The van der Waals surface area contributed by atoms with Crippen LogP contribution in [0.15, 0.2) is 12.2 Å². The zero-order chi connectivity index (χ0) is 12.3. The van der Waals surface area contributed by atoms with Crippen molar-refractivity contribution in [2.75, 3.05) is 6.54 Å². The molecule has 0 aromatic rings. The minimum absolute atomic E-state index is 0.125. The lowest BCUT2D eigenvalue weighted by Crippen LogP contribution is -2.39. The summed E-state index contributed by atoms with van der Waals surface area (Å²) in [5.41, 5.74) is 5.55. The largest absolute Gasteiger partial charge is 0.480 e. The van der Waals surface area contributed by atoms with Crippen molar-refractivity contribution >= 4 is 17.8 Å². The second kappa shape index (κ2) is 4.75. The highest BCUT2D eigenvalue weighted by molar-refractivity contribution is 5.96. The molecule has 0 bridgehead atoms. The molecule has 0 aromatic heterocycles. The summed E-state index contributed by atoms with van der Waals surface area (Å²) in [7, 11) is 0. The molecule has 1 heterocycles. The van der Waals surface area contributed by atoms with E-state index in [0.717, 1.165) is 11.0 Å². The first-order chi connectivity index (χ1) is 7.41. The number of carbonyl (C=O) groups excluding carboxylic acids is 1. The SMILES string of the molecule is NC1CC(C(=O)O)N(C(=O)/C=C/C(=O)O)C1. The number of carboxylic acid groups (broad SMARTS) is 2. The molecule has 88 valence electrons. The van der Waals surface area contributed by atoms with Crippen LogP contribution in [0.25, 0.3) is 0 Å². The maximum atomic E-state index is 11.5. The zero-order valence-electron chi connectivity index (χ0n) is 8.37. The smallest absolute Gasteiger partial charge is 0.328 e. The molecule has 7 nitrogen and oxygen atoms in total. The molecule has 1 aliphatic rings. The van der Waals surface area contributed by atoms with Crippen LogP contribution in [-0.4, -0.2) is 51.6 Å². The van der Waals surface area contributed by atoms with Crippen LogP contribution < -0.4 is 5.73 Å². The lowest BCUT2D eigenvalue weighted by molar-refractivity contribution is -0.146. The number of aliphatic carboxylic acids is 2. The molecule has 0 spiro atoms. The first-order valence-corrected chi connectivity index (χ1v) is 4.62. The van der Waals surface area contributed by atoms with Gasteiger partial charge in [-0.25, -0.2) is 9.59 Å². The van der Waals surface area contributed by atoms with Crippen LogP contribution in [0.4, 0.5) is 0 Å². The van der Waals surface area contributed by atoms with Gasteiger partial charge in [0, 0.05) is 24.7 Å². The molecule has 0 radical (unpaired) electrons. The summed E-state index contributed by atoms with van der Waals surface area (Å²) < 4.78 is 0. The highest BCUT2D eigenvalue weighted by atomic mass is 16.4. The van der Waals surface area contributed by atoms with Crippen LogP contribution in [0, 0.1) is 0 Å². The molecule has 4 N–H and O–H groups in total. The Labute approximate surface area is 91.1 Å². The van der Waals surface area contributed by atoms with Crippen molar-refractivity contribution in [3.63, 3.8) is 0 Å². The van der Waals surface area contributed by atoms with E-state index in [4.69, 9.17) is 15.9 Å². The minimum atomic E-state index is -1.26. The second-order valence-electron chi connectivity index (χ2n) is 3.51. The number of amides is 1. The number of rotatable bonds is 3. The van der Waals surface area contributed by atoms with Crippen LogP contribution in [-0.2, 0) is 14.4 Å². The number of likely N-dealkylation sites (tertiary alicyclic amines) is 1. The Balaban J connectivity index is 2.74. The van der Waals surface area contributed by atoms with Crippen molar-refractivity contribution in [3.8, 4) is 0 Å². The first kappa shape index (κ1) is 12.2. The number of nitrogens with zero attached hydrogens (tertiary/aromatic N) is 1. The summed E-state index contributed by atoms with van der Waals surface area (Å²) in [6.07, 6.45) is 1.68. The highest BCUT2D eigenvalue weighted by Crippen LogP contribution is 2.17. The Kier molecular flexibility index (Phi) is 3.62. The van der Waals surface area contributed by atoms with Crippen molar-refractivity contribution in [3.05, 3.63) is 12.2 Å². The molecule has 2 unspecified atom stereocenters. The standard InChI is InChI=1S/C9H12N2O5/c10-5-3-6(9(15)16)11(4-5)7(12)1-2-8(13)14/h1-2,5-6H,3-4,10H2,(H,13,14)(H,15,16)/b2-1+. The van der Waals surface area contributed by atoms with Crippen LogP contribution in [0.3, 0.4) is 0 Å². The number of hydrogen-bond donors (Lipinski definition) is 3. The van der Waals surface area contributed by atoms with Crippen LogP contribution in [0.2, 0.25) is 0 Å². The van der Waals surface area contributed by atoms with E-state index in [2.05, 4.69) is 0 Å². The van der Waals surface area contributed by atoms with Crippen molar-refractivity contribution in [2.45, 2.75) is 18.5 Å². The quantitative estimate of drug-likeness (QED) is 0.513. The fourth-order valence-electron chi connectivity index (χ4n) is 1.58. The molecule has 1 rings (SSSR count). The van der Waals surface area contributed by atoms with E-state index in [0.29, 0.717) is 6.08 Å². The van der Waals surface area contributed by atoms with Crippen LogP contribution >= 0.6 is 0 Å². The van der Waals surface area contributed by atoms with E-state index in [1.54, 1.807) is 0 Å². The fourth-order valence-corrected chi connectivity index (χ4v) is 1.58. The molecule has 2 atom stereocenters. The van der Waals surface area contributed by atoms with E-state index >= 15 is 0 Å². The average molecular weight is 228 g/mol. The summed E-state index contributed by atoms with van der Waals surface area (Å²) in [6, 6.07) is -1.36. The zero-order valence-corrected chi connectivity index (χ0v) is 8.37. The molecule has 1 amide bonds. The van der Waals surface area contributed by atoms with Crippen LogP contribution in [0.5, 0.6) is 0 Å². The van der Waals surface area contributed by atoms with Gasteiger partial charge in [0.2, 0.25) is 5.91 Å². The predicted octanol–water partition coefficient (Wildman–Crippen LogP) is -1.36. The van der Waals surface area contributed by atoms with Crippen molar-refractivity contribution in [1.82, 2.24) is 4.90 Å². The van der Waals surface area contributed by atoms with Gasteiger partial charge in [0.15, 0.2) is 0 Å². The molecule has 7 heteroatoms. The van der Waals surface area contributed by atoms with E-state index in [1.807, 2.05) is 0 Å². The molecule has 1 aliphatic heterocycles. The average Bonchev–Trinajstić information content (AvgIpc) is 2.56. The van der Waals surface area contributed by atoms with E-state index in [9.17, 15) is 14.4 Å². The van der Waals surface area contributed by atoms with Gasteiger partial charge in [0.05, 0.1) is 0 Å². The Bertz CT molecular complexity index is 352. The number of carbonyl (C=O) groups is 3. The minimum Gasteiger partial charge on any atom is -0.480 e. The lowest BCUT2D eigenvalue weighted by atomic mass is 10.2. The van der Waals surface area contributed by atoms with E-state index in [-0.39, 0.29) is 19.0 Å². The summed E-state index contributed by atoms with van der Waals surface area (Å²) in [5.74, 6) is -3.04. The second-order valence-corrected chi connectivity index (χ2v) is 3.51. The molecule has 1 saturated heterocycles. The molecule has 0 aliphatic carbocycles. The summed E-state index contributed by atoms with van der Waals surface area (Å²) >= 11 is 0. The topological polar surface area (TPSA) is 121 Å². The van der Waals surface area contributed by atoms with Crippen molar-refractivity contribution in [1.29, 1.82) is 0 Å². The molecular formula is C9H12N2O5. The Hall–Kier alpha value is -1.89. The third-order valence-corrected chi connectivity index (χ3v) is 2.27. The van der Waals surface area contributed by atoms with E-state index < -0.39 is 23.9 Å². The molecular weight excluding hydrogens is 216 g/mol. The maximum absolute atomic E-state index is 11.5. The van der Waals surface area contributed by atoms with Gasteiger partial charge >= 0.3 is 11.9 Å². The third-order valence-electron chi connectivity index (χ3n) is 2.27. The summed E-state index contributed by atoms with van der Waals surface area (Å²) in [5, 5.41) is 17.2. The van der Waals surface area contributed by atoms with Gasteiger partial charge in [-0.15, -0.1) is 0 Å². The lowest BCUT2D eigenvalue weighted by Gasteiger charge is -2.19. The Morgan fingerprint density at radius 3 is 2.38 bits per heavy atom. The highest BCUT2D eigenvalue weighted by Gasteiger charge is 2.37. The number of hydrogen-bond acceptors (Lipinski definition) is 4. The fraction of sp³-hybridized carbons (Fsp3) is 0.444. The van der Waals surface area contributed by atoms with Crippen molar-refractivity contribution in [2.24, 2.45) is 5.73 Å². The van der Waals surface area contributed by atoms with Gasteiger partial charge in [0.1, 0.15) is 6.04 Å². The molecule has 0 saturated carbocycles. The van der Waals surface area contributed by atoms with Crippen LogP contribution in [0.1, 0.15) is 6.42 Å². The monoisotopic (exact) mass is 228 g/mol. The summed E-state index contributed by atoms with van der Waals surface area (Å²) in [6.45, 7) is 0.125. The Morgan fingerprint density at radius 1 is 1.25 bits per heavy atom. The van der Waals surface area contributed by atoms with Gasteiger partial charge < -0.3 is 20.8 Å². The van der Waals surface area contributed by atoms with Gasteiger partial charge in [0.25, 0.3) is 0 Å². The third kappa shape index (κ3) is 2.80. The van der Waals surface area contributed by atoms with Gasteiger partial charge in [-0.05, 0) is 6.42 Å². The van der Waals surface area contributed by atoms with Gasteiger partial charge in [-0.1, -0.05) is 0 Å². The number of carboxylic acids is 2. The summed E-state index contributed by atoms with van der Waals surface area (Å²) in [4.78, 5) is 33.5. The number of nitrogens with two attached hydrogens (primary N) is 1. The predicted molar refractivity (Wildman–Crippen MR) is 52.5 cm³/mol. The van der Waals surface area contributed by atoms with E-state index in [1.165, 1.54) is 0 Å². The Morgan fingerprint density at radius 2 is 1.88 bits per heavy atom.